The van der Waals surface area contributed by atoms with Crippen LogP contribution in [0.2, 0.25) is 0 Å². The molecule has 25 atom stereocenters. The number of aliphatic carboxylic acids is 3. The number of carbonyl (C=O) groups is 5. The molecule has 468 valence electrons. The molecule has 0 saturated carbocycles. The normalized spacial score (nSPS) is 40.9. The average molecular weight is 1270 g/mol. The molecular weight excluding hydrogens is 1220 g/mol. The van der Waals surface area contributed by atoms with E-state index in [4.69, 9.17) is 42.6 Å². The summed E-state index contributed by atoms with van der Waals surface area (Å²) in [6.45, 7) is -1.72. The van der Waals surface area contributed by atoms with E-state index in [-0.39, 0.29) is 0 Å². The van der Waals surface area contributed by atoms with E-state index < -0.39 is 238 Å². The van der Waals surface area contributed by atoms with Gasteiger partial charge >= 0.3 is 59.5 Å². The second-order valence-electron chi connectivity index (χ2n) is 17.5. The number of aliphatic hydroxyl groups excluding tert-OH is 8. The maximum atomic E-state index is 13.2. The molecule has 0 aromatic heterocycles. The van der Waals surface area contributed by atoms with Crippen molar-refractivity contribution in [3.05, 3.63) is 0 Å². The predicted molar refractivity (Wildman–Crippen MR) is 233 cm³/mol. The Morgan fingerprint density at radius 3 is 1.10 bits per heavy atom. The fourth-order valence-electron chi connectivity index (χ4n) is 8.71. The minimum absolute atomic E-state index is 0.646. The zero-order valence-electron chi connectivity index (χ0n) is 40.3. The van der Waals surface area contributed by atoms with Gasteiger partial charge in [0.05, 0.1) is 13.2 Å². The Morgan fingerprint density at radius 1 is 0.395 bits per heavy atom. The number of hydrogen-bond donors (Lipinski definition) is 17. The number of ether oxygens (including phenoxy) is 9. The van der Waals surface area contributed by atoms with E-state index in [0.29, 0.717) is 13.8 Å². The molecule has 0 aliphatic carbocycles. The van der Waals surface area contributed by atoms with Crippen molar-refractivity contribution < 1.29 is 191 Å². The van der Waals surface area contributed by atoms with Crippen molar-refractivity contribution in [2.24, 2.45) is 0 Å². The highest BCUT2D eigenvalue weighted by molar-refractivity contribution is 7.81. The van der Waals surface area contributed by atoms with Crippen molar-refractivity contribution in [3.8, 4) is 0 Å². The van der Waals surface area contributed by atoms with Crippen molar-refractivity contribution in [2.75, 3.05) is 13.2 Å². The molecule has 5 saturated heterocycles. The molecule has 5 fully saturated rings. The lowest BCUT2D eigenvalue weighted by atomic mass is 9.93. The van der Waals surface area contributed by atoms with Crippen LogP contribution in [-0.2, 0) is 125 Å². The van der Waals surface area contributed by atoms with Crippen LogP contribution in [-0.4, -0.2) is 304 Å². The van der Waals surface area contributed by atoms with Gasteiger partial charge in [0, 0.05) is 13.8 Å². The molecule has 0 radical (unpaired) electrons. The minimum atomic E-state index is -6.12. The first-order valence-electron chi connectivity index (χ1n) is 22.2. The first-order chi connectivity index (χ1) is 37.2. The predicted octanol–water partition coefficient (Wildman–Crippen LogP) is -12.1. The fourth-order valence-corrected chi connectivity index (χ4v) is 10.7. The van der Waals surface area contributed by atoms with E-state index in [1.54, 1.807) is 0 Å². The van der Waals surface area contributed by atoms with Crippen LogP contribution < -0.4 is 10.6 Å². The Balaban J connectivity index is 1.63. The molecule has 2 amide bonds. The number of carboxylic acids is 3. The Kier molecular flexibility index (Phi) is 22.3. The van der Waals surface area contributed by atoms with Crippen molar-refractivity contribution in [3.63, 3.8) is 0 Å². The summed E-state index contributed by atoms with van der Waals surface area (Å²) >= 11 is 0. The molecule has 0 aromatic rings. The number of rotatable bonds is 23. The summed E-state index contributed by atoms with van der Waals surface area (Å²) in [4.78, 5) is 63.0. The highest BCUT2D eigenvalue weighted by Crippen LogP contribution is 2.39. The number of amides is 2. The van der Waals surface area contributed by atoms with Crippen molar-refractivity contribution >= 4 is 71.3 Å². The summed E-state index contributed by atoms with van der Waals surface area (Å²) in [5, 5.41) is 119. The summed E-state index contributed by atoms with van der Waals surface area (Å²) in [6, 6.07) is -4.92. The van der Waals surface area contributed by atoms with Crippen LogP contribution in [0.25, 0.3) is 0 Å². The van der Waals surface area contributed by atoms with Crippen molar-refractivity contribution in [1.82, 2.24) is 10.6 Å². The lowest BCUT2D eigenvalue weighted by Crippen LogP contribution is -2.72. The molecule has 1 unspecified atom stereocenters. The van der Waals surface area contributed by atoms with Gasteiger partial charge in [0.1, 0.15) is 104 Å². The molecule has 81 heavy (non-hydrogen) atoms. The topological polar surface area (TPSA) is 669 Å². The number of aliphatic hydroxyl groups is 8. The van der Waals surface area contributed by atoms with Crippen LogP contribution >= 0.6 is 0 Å². The van der Waals surface area contributed by atoms with Crippen LogP contribution in [0.5, 0.6) is 0 Å². The minimum Gasteiger partial charge on any atom is -0.479 e. The number of nitrogens with one attached hydrogen (secondary N) is 2. The maximum Gasteiger partial charge on any atom is 0.397 e. The molecule has 0 aromatic carbocycles. The van der Waals surface area contributed by atoms with Gasteiger partial charge in [-0.15, -0.1) is 0 Å². The van der Waals surface area contributed by atoms with Crippen LogP contribution in [0.3, 0.4) is 0 Å². The van der Waals surface area contributed by atoms with Crippen LogP contribution in [0.15, 0.2) is 0 Å². The molecule has 5 rings (SSSR count). The third-order valence-corrected chi connectivity index (χ3v) is 13.7. The van der Waals surface area contributed by atoms with Gasteiger partial charge in [0.2, 0.25) is 11.8 Å². The molecule has 0 spiro atoms. The third-order valence-electron chi connectivity index (χ3n) is 11.8. The van der Waals surface area contributed by atoms with Gasteiger partial charge in [-0.05, 0) is 0 Å². The average Bonchev–Trinajstić information content (AvgIpc) is 3.54. The van der Waals surface area contributed by atoms with Crippen molar-refractivity contribution in [1.29, 1.82) is 0 Å². The molecule has 43 nitrogen and oxygen atoms in total. The molecule has 5 aliphatic heterocycles. The summed E-state index contributed by atoms with van der Waals surface area (Å²) in [6.07, 6.45) is -62.0. The second kappa shape index (κ2) is 26.6. The number of hydrogen-bond acceptors (Lipinski definition) is 34. The van der Waals surface area contributed by atoms with E-state index in [1.807, 2.05) is 10.6 Å². The van der Waals surface area contributed by atoms with Crippen LogP contribution in [0.1, 0.15) is 13.8 Å². The monoisotopic (exact) mass is 1270 g/mol. The van der Waals surface area contributed by atoms with Crippen LogP contribution in [0.4, 0.5) is 0 Å². The molecule has 17 N–H and O–H groups in total. The summed E-state index contributed by atoms with van der Waals surface area (Å²) in [7, 11) is -23.6. The van der Waals surface area contributed by atoms with Gasteiger partial charge in [0.25, 0.3) is 0 Å². The Morgan fingerprint density at radius 2 is 0.728 bits per heavy atom. The highest BCUT2D eigenvalue weighted by atomic mass is 32.3. The summed E-state index contributed by atoms with van der Waals surface area (Å²) < 4.78 is 203. The first kappa shape index (κ1) is 67.9. The maximum absolute atomic E-state index is 13.2. The largest absolute Gasteiger partial charge is 0.479 e. The molecular formula is C34H52N2O41S4. The standard InChI is InChI=1S/C34H52N2O41S4/c1-5(39)35-9-18(16(74-78(53,54)55)7(3-37)65-31(9)70-21-11(41)12(42)30(52)67-25(21)28(48)49)69-34-15(45)22(77-81(62,63)64)24(26(73-34)29(50)51)72-32-10(36-6(2)40)19(17(8(4-38)66-32)75-79(56,57)58)68-33-14(44)20(76-80(59,60)61)13(43)23(71-33)27(46)47/h7-26,30-34,37-38,41-45,52H,3-4H2,1-2H3,(H,35,39)(H,36,40)(H,46,47)(H,48,49)(H,50,51)(H,53,54,55)(H,56,57,58)(H,59,60,61)(H,62,63,64)/t7-,8-,9-,10-,11-,12-,13+,14-,15-,16+,17+,18-,19-,20+,21+,22-,23+,24+,25+,26+,30?,31+,32+,33-,34-/m1/s1. The Hall–Kier alpha value is -3.85. The van der Waals surface area contributed by atoms with Crippen molar-refractivity contribution in [2.45, 2.75) is 167 Å². The SMILES string of the molecule is CC(=O)N[C@H]1[C@H](O[C@H]2[C@H](OS(=O)(=O)O)[C@@H](O)[C@H](O[C@@H]3[C@@H](NC(C)=O)[C@H](O[C@H]4[C@H](O)[C@@H](O)C(O)O[C@@H]4C(=O)O)O[C@H](CO)[C@@H]3OS(=O)(=O)O)O[C@@H]2C(=O)O)O[C@H](CO)[C@H](OS(=O)(=O)O)[C@@H]1O[C@@H]1O[C@H](C(=O)O)[C@@H](O)[C@H](OS(=O)(=O)O)[C@H]1O. The zero-order chi connectivity index (χ0) is 61.3. The number of carbonyl (C=O) groups excluding carboxylic acids is 2. The third kappa shape index (κ3) is 17.2. The summed E-state index contributed by atoms with van der Waals surface area (Å²) in [5.74, 6) is -9.17. The van der Waals surface area contributed by atoms with E-state index in [2.05, 4.69) is 16.7 Å². The van der Waals surface area contributed by atoms with Gasteiger partial charge in [-0.2, -0.15) is 33.7 Å². The van der Waals surface area contributed by atoms with Gasteiger partial charge < -0.3 is 109 Å². The smallest absolute Gasteiger partial charge is 0.397 e. The molecule has 0 bridgehead atoms. The van der Waals surface area contributed by atoms with Gasteiger partial charge in [-0.3, -0.25) is 27.8 Å². The van der Waals surface area contributed by atoms with Crippen LogP contribution in [0, 0.1) is 0 Å². The molecule has 5 aliphatic rings. The Labute approximate surface area is 452 Å². The van der Waals surface area contributed by atoms with E-state index in [9.17, 15) is 132 Å². The van der Waals surface area contributed by atoms with E-state index in [0.717, 1.165) is 0 Å². The lowest BCUT2D eigenvalue weighted by molar-refractivity contribution is -0.370. The van der Waals surface area contributed by atoms with Gasteiger partial charge in [0.15, 0.2) is 49.8 Å². The molecule has 5 heterocycles. The molecule has 47 heteroatoms. The van der Waals surface area contributed by atoms with E-state index >= 15 is 0 Å². The second-order valence-corrected chi connectivity index (χ2v) is 21.7. The highest BCUT2D eigenvalue weighted by Gasteiger charge is 2.61. The zero-order valence-corrected chi connectivity index (χ0v) is 43.6. The van der Waals surface area contributed by atoms with Gasteiger partial charge in [-0.25, -0.2) is 31.1 Å². The summed E-state index contributed by atoms with van der Waals surface area (Å²) in [5.41, 5.74) is 0. The van der Waals surface area contributed by atoms with E-state index in [1.165, 1.54) is 0 Å². The number of carboxylic acid groups (broad SMARTS) is 3. The van der Waals surface area contributed by atoms with Gasteiger partial charge in [-0.1, -0.05) is 0 Å². The Bertz CT molecular complexity index is 2720. The fraction of sp³-hybridized carbons (Fsp3) is 0.853. The lowest BCUT2D eigenvalue weighted by Gasteiger charge is -2.51. The quantitative estimate of drug-likeness (QED) is 0.0422. The first-order valence-corrected chi connectivity index (χ1v) is 27.7.